The zero-order valence-corrected chi connectivity index (χ0v) is 19.8. The second kappa shape index (κ2) is 9.61. The molecule has 0 unspecified atom stereocenters. The minimum absolute atomic E-state index is 0.223. The lowest BCUT2D eigenvalue weighted by Crippen LogP contribution is -2.19. The molecule has 5 aromatic rings. The molecule has 0 amide bonds. The van der Waals surface area contributed by atoms with Crippen molar-refractivity contribution in [3.63, 3.8) is 0 Å². The summed E-state index contributed by atoms with van der Waals surface area (Å²) in [6.07, 6.45) is 4.71. The van der Waals surface area contributed by atoms with Gasteiger partial charge in [0.1, 0.15) is 12.1 Å². The summed E-state index contributed by atoms with van der Waals surface area (Å²) in [5.74, 6) is 0.0771. The van der Waals surface area contributed by atoms with Gasteiger partial charge >= 0.3 is 0 Å². The van der Waals surface area contributed by atoms with E-state index < -0.39 is 0 Å². The van der Waals surface area contributed by atoms with E-state index in [1.165, 1.54) is 32.9 Å². The van der Waals surface area contributed by atoms with Gasteiger partial charge in [0.05, 0.1) is 34.9 Å². The maximum Gasteiger partial charge on any atom is 0.282 e. The molecule has 0 aliphatic heterocycles. The SMILES string of the molecule is Nc1ccccc1C(=O)n1nc(-c2ccn(Cc3cnoc3)c(=O)c2)cc1NCc1ccc(Cl)s1. The molecule has 0 fully saturated rings. The van der Waals surface area contributed by atoms with E-state index in [0.29, 0.717) is 45.8 Å². The molecule has 0 bridgehead atoms. The smallest absolute Gasteiger partial charge is 0.282 e. The largest absolute Gasteiger partial charge is 0.398 e. The minimum atomic E-state index is -0.387. The third-order valence-electron chi connectivity index (χ3n) is 5.29. The van der Waals surface area contributed by atoms with Gasteiger partial charge in [0, 0.05) is 40.0 Å². The van der Waals surface area contributed by atoms with Crippen LogP contribution < -0.4 is 16.6 Å². The van der Waals surface area contributed by atoms with Crippen molar-refractivity contribution in [1.29, 1.82) is 0 Å². The lowest BCUT2D eigenvalue weighted by molar-refractivity contribution is 0.0949. The van der Waals surface area contributed by atoms with Crippen LogP contribution in [0.4, 0.5) is 11.5 Å². The summed E-state index contributed by atoms with van der Waals surface area (Å²) in [6.45, 7) is 0.777. The molecular formula is C24H19ClN6O3S. The van der Waals surface area contributed by atoms with Gasteiger partial charge in [-0.2, -0.15) is 9.78 Å². The quantitative estimate of drug-likeness (QED) is 0.315. The Morgan fingerprint density at radius 2 is 2.03 bits per heavy atom. The molecule has 0 radical (unpaired) electrons. The molecule has 35 heavy (non-hydrogen) atoms. The van der Waals surface area contributed by atoms with Crippen molar-refractivity contribution in [2.24, 2.45) is 0 Å². The van der Waals surface area contributed by atoms with Crippen LogP contribution in [0.1, 0.15) is 20.8 Å². The van der Waals surface area contributed by atoms with Crippen molar-refractivity contribution >= 4 is 40.4 Å². The van der Waals surface area contributed by atoms with Gasteiger partial charge in [-0.3, -0.25) is 9.59 Å². The molecule has 4 aromatic heterocycles. The van der Waals surface area contributed by atoms with Crippen molar-refractivity contribution in [3.05, 3.63) is 104 Å². The van der Waals surface area contributed by atoms with Crippen LogP contribution in [-0.4, -0.2) is 25.4 Å². The van der Waals surface area contributed by atoms with Crippen LogP contribution in [0, 0.1) is 0 Å². The Balaban J connectivity index is 1.49. The number of nitrogen functional groups attached to an aromatic ring is 1. The fourth-order valence-corrected chi connectivity index (χ4v) is 4.56. The number of carbonyl (C=O) groups is 1. The topological polar surface area (TPSA) is 121 Å². The minimum Gasteiger partial charge on any atom is -0.398 e. The summed E-state index contributed by atoms with van der Waals surface area (Å²) in [7, 11) is 0. The monoisotopic (exact) mass is 506 g/mol. The first-order valence-corrected chi connectivity index (χ1v) is 11.7. The lowest BCUT2D eigenvalue weighted by Gasteiger charge is -2.09. The Labute approximate surface area is 208 Å². The Morgan fingerprint density at radius 3 is 2.74 bits per heavy atom. The highest BCUT2D eigenvalue weighted by molar-refractivity contribution is 7.16. The number of benzene rings is 1. The molecule has 1 aromatic carbocycles. The summed E-state index contributed by atoms with van der Waals surface area (Å²) in [6, 6.07) is 15.5. The Morgan fingerprint density at radius 1 is 1.17 bits per heavy atom. The van der Waals surface area contributed by atoms with Crippen molar-refractivity contribution in [3.8, 4) is 11.3 Å². The normalized spacial score (nSPS) is 11.0. The molecule has 3 N–H and O–H groups in total. The van der Waals surface area contributed by atoms with Crippen LogP contribution >= 0.6 is 22.9 Å². The number of hydrogen-bond acceptors (Lipinski definition) is 8. The molecule has 0 atom stereocenters. The molecule has 9 nitrogen and oxygen atoms in total. The zero-order valence-electron chi connectivity index (χ0n) is 18.2. The van der Waals surface area contributed by atoms with Crippen LogP contribution in [0.5, 0.6) is 0 Å². The average Bonchev–Trinajstić information content (AvgIpc) is 3.60. The average molecular weight is 507 g/mol. The van der Waals surface area contributed by atoms with Crippen LogP contribution in [0.15, 0.2) is 82.6 Å². The number of rotatable bonds is 7. The van der Waals surface area contributed by atoms with Gasteiger partial charge in [-0.25, -0.2) is 0 Å². The summed E-state index contributed by atoms with van der Waals surface area (Å²) < 4.78 is 8.30. The van der Waals surface area contributed by atoms with Gasteiger partial charge in [-0.15, -0.1) is 11.3 Å². The fourth-order valence-electron chi connectivity index (χ4n) is 3.53. The number of nitrogens with two attached hydrogens (primary N) is 1. The summed E-state index contributed by atoms with van der Waals surface area (Å²) in [5.41, 5.74) is 8.30. The van der Waals surface area contributed by atoms with Crippen LogP contribution in [-0.2, 0) is 13.1 Å². The molecule has 4 heterocycles. The Hall–Kier alpha value is -4.15. The second-order valence-electron chi connectivity index (χ2n) is 7.69. The molecule has 5 rings (SSSR count). The van der Waals surface area contributed by atoms with Crippen molar-refractivity contribution in [2.75, 3.05) is 11.1 Å². The summed E-state index contributed by atoms with van der Waals surface area (Å²) >= 11 is 7.48. The third kappa shape index (κ3) is 4.88. The number of halogens is 1. The van der Waals surface area contributed by atoms with Gasteiger partial charge < -0.3 is 20.1 Å². The second-order valence-corrected chi connectivity index (χ2v) is 9.49. The number of pyridine rings is 1. The molecular weight excluding hydrogens is 488 g/mol. The maximum atomic E-state index is 13.3. The number of aromatic nitrogens is 4. The summed E-state index contributed by atoms with van der Waals surface area (Å²) in [4.78, 5) is 27.0. The van der Waals surface area contributed by atoms with Crippen LogP contribution in [0.2, 0.25) is 4.34 Å². The van der Waals surface area contributed by atoms with E-state index in [2.05, 4.69) is 15.6 Å². The molecule has 176 valence electrons. The number of thiophene rings is 1. The van der Waals surface area contributed by atoms with Crippen molar-refractivity contribution < 1.29 is 9.32 Å². The standard InChI is InChI=1S/C24H19ClN6O3S/c25-21-6-5-17(35-21)12-27-22-10-20(29-31(22)24(33)18-3-1-2-4-19(18)26)16-7-8-30(23(32)9-16)13-15-11-28-34-14-15/h1-11,14,27H,12-13,26H2. The van der Waals surface area contributed by atoms with E-state index >= 15 is 0 Å². The highest BCUT2D eigenvalue weighted by atomic mass is 35.5. The highest BCUT2D eigenvalue weighted by Crippen LogP contribution is 2.26. The number of hydrogen-bond donors (Lipinski definition) is 2. The molecule has 0 spiro atoms. The van der Waals surface area contributed by atoms with E-state index in [-0.39, 0.29) is 11.5 Å². The van der Waals surface area contributed by atoms with E-state index in [0.717, 1.165) is 10.4 Å². The first-order valence-electron chi connectivity index (χ1n) is 10.5. The molecule has 0 saturated heterocycles. The fraction of sp³-hybridized carbons (Fsp3) is 0.0833. The number of nitrogens with one attached hydrogen (secondary N) is 1. The van der Waals surface area contributed by atoms with E-state index in [1.807, 2.05) is 12.1 Å². The number of anilines is 2. The Kier molecular flexibility index (Phi) is 6.21. The van der Waals surface area contributed by atoms with Gasteiger partial charge in [-0.1, -0.05) is 28.9 Å². The summed E-state index contributed by atoms with van der Waals surface area (Å²) in [5, 5.41) is 11.4. The van der Waals surface area contributed by atoms with Gasteiger partial charge in [0.15, 0.2) is 0 Å². The number of nitrogens with zero attached hydrogens (tertiary/aromatic N) is 4. The predicted molar refractivity (Wildman–Crippen MR) is 135 cm³/mol. The zero-order chi connectivity index (χ0) is 24.4. The van der Waals surface area contributed by atoms with E-state index in [9.17, 15) is 9.59 Å². The van der Waals surface area contributed by atoms with Crippen LogP contribution in [0.25, 0.3) is 11.3 Å². The first kappa shape index (κ1) is 22.6. The number of para-hydroxylation sites is 1. The number of carbonyl (C=O) groups excluding carboxylic acids is 1. The van der Waals surface area contributed by atoms with Gasteiger partial charge in [0.25, 0.3) is 11.5 Å². The van der Waals surface area contributed by atoms with Gasteiger partial charge in [-0.05, 0) is 30.3 Å². The Bertz CT molecular complexity index is 1550. The van der Waals surface area contributed by atoms with Gasteiger partial charge in [0.2, 0.25) is 0 Å². The third-order valence-corrected chi connectivity index (χ3v) is 6.52. The lowest BCUT2D eigenvalue weighted by atomic mass is 10.2. The van der Waals surface area contributed by atoms with E-state index in [4.69, 9.17) is 21.9 Å². The van der Waals surface area contributed by atoms with Crippen molar-refractivity contribution in [1.82, 2.24) is 19.5 Å². The molecule has 0 saturated carbocycles. The highest BCUT2D eigenvalue weighted by Gasteiger charge is 2.19. The van der Waals surface area contributed by atoms with Crippen LogP contribution in [0.3, 0.4) is 0 Å². The maximum absolute atomic E-state index is 13.3. The first-order chi connectivity index (χ1) is 17.0. The van der Waals surface area contributed by atoms with Crippen molar-refractivity contribution in [2.45, 2.75) is 13.1 Å². The molecule has 0 aliphatic carbocycles. The molecule has 0 aliphatic rings. The van der Waals surface area contributed by atoms with E-state index in [1.54, 1.807) is 48.8 Å². The molecule has 11 heteroatoms. The predicted octanol–water partition coefficient (Wildman–Crippen LogP) is 4.35.